The molecular weight excluding hydrogens is 196 g/mol. The molecule has 2 nitrogen and oxygen atoms in total. The van der Waals surface area contributed by atoms with Gasteiger partial charge in [-0.15, -0.1) is 0 Å². The molecule has 1 atom stereocenters. The smallest absolute Gasteiger partial charge is 0.0374 e. The Morgan fingerprint density at radius 1 is 1.12 bits per heavy atom. The first-order chi connectivity index (χ1) is 7.66. The summed E-state index contributed by atoms with van der Waals surface area (Å²) in [6, 6.07) is 7.48. The maximum Gasteiger partial charge on any atom is 0.0374 e. The zero-order valence-electron chi connectivity index (χ0n) is 10.6. The molecule has 1 aromatic rings. The van der Waals surface area contributed by atoms with Gasteiger partial charge in [-0.3, -0.25) is 0 Å². The van der Waals surface area contributed by atoms with Gasteiger partial charge in [0.15, 0.2) is 0 Å². The minimum atomic E-state index is 0.635. The van der Waals surface area contributed by atoms with Crippen LogP contribution in [0.25, 0.3) is 0 Å². The Labute approximate surface area is 98.7 Å². The van der Waals surface area contributed by atoms with E-state index in [0.717, 1.165) is 19.6 Å². The van der Waals surface area contributed by atoms with Crippen LogP contribution < -0.4 is 10.2 Å². The Balaban J connectivity index is 2.26. The summed E-state index contributed by atoms with van der Waals surface area (Å²) in [7, 11) is 0. The summed E-state index contributed by atoms with van der Waals surface area (Å²) in [4.78, 5) is 2.53. The van der Waals surface area contributed by atoms with E-state index in [-0.39, 0.29) is 0 Å². The molecule has 0 saturated carbocycles. The van der Waals surface area contributed by atoms with E-state index in [1.54, 1.807) is 0 Å². The number of hydrogen-bond donors (Lipinski definition) is 1. The fraction of sp³-hybridized carbons (Fsp3) is 0.571. The van der Waals surface area contributed by atoms with Crippen LogP contribution in [0.5, 0.6) is 0 Å². The van der Waals surface area contributed by atoms with E-state index >= 15 is 0 Å². The van der Waals surface area contributed by atoms with Gasteiger partial charge in [0, 0.05) is 24.8 Å². The van der Waals surface area contributed by atoms with Crippen molar-refractivity contribution in [2.75, 3.05) is 24.5 Å². The molecule has 1 fully saturated rings. The quantitative estimate of drug-likeness (QED) is 0.779. The molecule has 1 unspecified atom stereocenters. The molecule has 1 aromatic carbocycles. The second-order valence-corrected chi connectivity index (χ2v) is 4.93. The van der Waals surface area contributed by atoms with Gasteiger partial charge in [-0.25, -0.2) is 0 Å². The number of anilines is 1. The second kappa shape index (κ2) is 4.88. The van der Waals surface area contributed by atoms with Crippen molar-refractivity contribution in [1.82, 2.24) is 5.32 Å². The maximum atomic E-state index is 3.46. The molecule has 0 radical (unpaired) electrons. The summed E-state index contributed by atoms with van der Waals surface area (Å²) in [5.74, 6) is 0. The van der Waals surface area contributed by atoms with Crippen LogP contribution >= 0.6 is 0 Å². The molecule has 1 N–H and O–H groups in total. The number of hydrogen-bond acceptors (Lipinski definition) is 2. The average Bonchev–Trinajstić information content (AvgIpc) is 2.41. The van der Waals surface area contributed by atoms with Crippen LogP contribution in [0.15, 0.2) is 18.2 Å². The van der Waals surface area contributed by atoms with Crippen molar-refractivity contribution in [3.05, 3.63) is 29.3 Å². The molecule has 1 aliphatic rings. The number of nitrogens with one attached hydrogen (secondary N) is 1. The molecule has 2 rings (SSSR count). The SMILES string of the molecule is Cc1cc(C)cc(N2CCNCCC2C)c1. The van der Waals surface area contributed by atoms with Crippen LogP contribution in [0.3, 0.4) is 0 Å². The summed E-state index contributed by atoms with van der Waals surface area (Å²) in [5.41, 5.74) is 4.10. The molecule has 88 valence electrons. The Hall–Kier alpha value is -1.02. The van der Waals surface area contributed by atoms with Gasteiger partial charge in [-0.1, -0.05) is 6.07 Å². The van der Waals surface area contributed by atoms with Crippen molar-refractivity contribution in [2.24, 2.45) is 0 Å². The van der Waals surface area contributed by atoms with Gasteiger partial charge < -0.3 is 10.2 Å². The molecule has 0 spiro atoms. The molecule has 1 heterocycles. The zero-order valence-corrected chi connectivity index (χ0v) is 10.6. The summed E-state index contributed by atoms with van der Waals surface area (Å²) < 4.78 is 0. The molecule has 1 aliphatic heterocycles. The van der Waals surface area contributed by atoms with E-state index in [9.17, 15) is 0 Å². The van der Waals surface area contributed by atoms with Gasteiger partial charge in [-0.2, -0.15) is 0 Å². The van der Waals surface area contributed by atoms with Crippen LogP contribution in [0.4, 0.5) is 5.69 Å². The number of aryl methyl sites for hydroxylation is 2. The first-order valence-electron chi connectivity index (χ1n) is 6.22. The normalized spacial score (nSPS) is 21.9. The van der Waals surface area contributed by atoms with Crippen molar-refractivity contribution < 1.29 is 0 Å². The summed E-state index contributed by atoms with van der Waals surface area (Å²) in [6.45, 7) is 10.0. The zero-order chi connectivity index (χ0) is 11.5. The van der Waals surface area contributed by atoms with Crippen molar-refractivity contribution >= 4 is 5.69 Å². The largest absolute Gasteiger partial charge is 0.367 e. The van der Waals surface area contributed by atoms with Crippen molar-refractivity contribution in [1.29, 1.82) is 0 Å². The molecule has 0 aromatic heterocycles. The van der Waals surface area contributed by atoms with Gasteiger partial charge in [0.05, 0.1) is 0 Å². The van der Waals surface area contributed by atoms with Crippen molar-refractivity contribution in [3.8, 4) is 0 Å². The van der Waals surface area contributed by atoms with Crippen molar-refractivity contribution in [2.45, 2.75) is 33.2 Å². The third-order valence-electron chi connectivity index (χ3n) is 3.34. The van der Waals surface area contributed by atoms with Crippen LogP contribution in [-0.4, -0.2) is 25.7 Å². The molecular formula is C14H22N2. The first-order valence-corrected chi connectivity index (χ1v) is 6.22. The van der Waals surface area contributed by atoms with E-state index in [0.29, 0.717) is 6.04 Å². The lowest BCUT2D eigenvalue weighted by molar-refractivity contribution is 0.631. The van der Waals surface area contributed by atoms with Crippen LogP contribution in [-0.2, 0) is 0 Å². The Morgan fingerprint density at radius 3 is 2.50 bits per heavy atom. The molecule has 1 saturated heterocycles. The van der Waals surface area contributed by atoms with Gasteiger partial charge in [-0.05, 0) is 57.0 Å². The van der Waals surface area contributed by atoms with Crippen molar-refractivity contribution in [3.63, 3.8) is 0 Å². The Bertz CT molecular complexity index is 340. The molecule has 0 amide bonds. The third kappa shape index (κ3) is 2.56. The molecule has 0 bridgehead atoms. The molecule has 2 heteroatoms. The Morgan fingerprint density at radius 2 is 1.81 bits per heavy atom. The van der Waals surface area contributed by atoms with Crippen LogP contribution in [0.1, 0.15) is 24.5 Å². The summed E-state index contributed by atoms with van der Waals surface area (Å²) in [5, 5.41) is 3.46. The van der Waals surface area contributed by atoms with Crippen LogP contribution in [0, 0.1) is 13.8 Å². The molecule has 0 aliphatic carbocycles. The summed E-state index contributed by atoms with van der Waals surface area (Å²) >= 11 is 0. The number of rotatable bonds is 1. The van der Waals surface area contributed by atoms with E-state index in [1.807, 2.05) is 0 Å². The highest BCUT2D eigenvalue weighted by Crippen LogP contribution is 2.22. The van der Waals surface area contributed by atoms with Crippen LogP contribution in [0.2, 0.25) is 0 Å². The second-order valence-electron chi connectivity index (χ2n) is 4.93. The van der Waals surface area contributed by atoms with Gasteiger partial charge >= 0.3 is 0 Å². The monoisotopic (exact) mass is 218 g/mol. The van der Waals surface area contributed by atoms with E-state index in [1.165, 1.54) is 23.2 Å². The van der Waals surface area contributed by atoms with E-state index in [2.05, 4.69) is 49.2 Å². The maximum absolute atomic E-state index is 3.46. The summed E-state index contributed by atoms with van der Waals surface area (Å²) in [6.07, 6.45) is 1.23. The lowest BCUT2D eigenvalue weighted by Gasteiger charge is -2.29. The van der Waals surface area contributed by atoms with Gasteiger partial charge in [0.2, 0.25) is 0 Å². The fourth-order valence-electron chi connectivity index (χ4n) is 2.51. The lowest BCUT2D eigenvalue weighted by atomic mass is 10.1. The number of nitrogens with zero attached hydrogens (tertiary/aromatic N) is 1. The Kier molecular flexibility index (Phi) is 3.49. The van der Waals surface area contributed by atoms with E-state index < -0.39 is 0 Å². The fourth-order valence-corrected chi connectivity index (χ4v) is 2.51. The highest BCUT2D eigenvalue weighted by Gasteiger charge is 2.17. The minimum absolute atomic E-state index is 0.635. The van der Waals surface area contributed by atoms with Gasteiger partial charge in [0.25, 0.3) is 0 Å². The third-order valence-corrected chi connectivity index (χ3v) is 3.34. The minimum Gasteiger partial charge on any atom is -0.367 e. The first kappa shape index (κ1) is 11.5. The predicted octanol–water partition coefficient (Wildman–Crippen LogP) is 2.49. The number of benzene rings is 1. The highest BCUT2D eigenvalue weighted by molar-refractivity contribution is 5.51. The van der Waals surface area contributed by atoms with Gasteiger partial charge in [0.1, 0.15) is 0 Å². The van der Waals surface area contributed by atoms with E-state index in [4.69, 9.17) is 0 Å². The molecule has 16 heavy (non-hydrogen) atoms. The average molecular weight is 218 g/mol. The highest BCUT2D eigenvalue weighted by atomic mass is 15.2. The predicted molar refractivity (Wildman–Crippen MR) is 70.2 cm³/mol. The standard InChI is InChI=1S/C14H22N2/c1-11-8-12(2)10-14(9-11)16-7-6-15-5-4-13(16)3/h8-10,13,15H,4-7H2,1-3H3. The topological polar surface area (TPSA) is 15.3 Å². The lowest BCUT2D eigenvalue weighted by Crippen LogP contribution is -2.34.